The van der Waals surface area contributed by atoms with Crippen LogP contribution in [0.5, 0.6) is 0 Å². The monoisotopic (exact) mass is 342 g/mol. The number of rotatable bonds is 1. The van der Waals surface area contributed by atoms with Gasteiger partial charge in [0.15, 0.2) is 0 Å². The van der Waals surface area contributed by atoms with Crippen LogP contribution >= 0.6 is 20.6 Å². The second-order valence-electron chi connectivity index (χ2n) is 2.90. The van der Waals surface area contributed by atoms with Crippen LogP contribution in [0.4, 0.5) is 8.78 Å². The van der Waals surface area contributed by atoms with E-state index in [2.05, 4.69) is 0 Å². The van der Waals surface area contributed by atoms with Crippen molar-refractivity contribution in [3.05, 3.63) is 32.9 Å². The summed E-state index contributed by atoms with van der Waals surface area (Å²) in [6.45, 7) is 1.14. The van der Waals surface area contributed by atoms with Crippen molar-refractivity contribution in [2.24, 2.45) is 0 Å². The van der Waals surface area contributed by atoms with E-state index in [4.69, 9.17) is 6.13 Å². The molecule has 0 atom stereocenters. The van der Waals surface area contributed by atoms with Gasteiger partial charge in [0.2, 0.25) is 0 Å². The van der Waals surface area contributed by atoms with E-state index >= 15 is 0 Å². The Balaban J connectivity index is 2.48. The van der Waals surface area contributed by atoms with Crippen LogP contribution in [-0.4, -0.2) is 11.9 Å². The molecule has 0 aliphatic carbocycles. The van der Waals surface area contributed by atoms with Crippen molar-refractivity contribution < 1.29 is 24.5 Å². The zero-order chi connectivity index (χ0) is 11.9. The molecule has 1 aromatic rings. The maximum absolute atomic E-state index is 13.3. The van der Waals surface area contributed by atoms with E-state index in [1.54, 1.807) is 0 Å². The maximum atomic E-state index is 13.3. The summed E-state index contributed by atoms with van der Waals surface area (Å²) >= 11 is -3.02. The first-order chi connectivity index (χ1) is 7.49. The number of benzene rings is 1. The predicted molar refractivity (Wildman–Crippen MR) is 56.3 cm³/mol. The van der Waals surface area contributed by atoms with Gasteiger partial charge >= 0.3 is 96.9 Å². The van der Waals surface area contributed by atoms with Crippen molar-refractivity contribution in [1.29, 1.82) is 0 Å². The van der Waals surface area contributed by atoms with Crippen molar-refractivity contribution in [1.82, 2.24) is 0 Å². The van der Waals surface area contributed by atoms with Crippen molar-refractivity contribution in [2.75, 3.05) is 0 Å². The van der Waals surface area contributed by atoms with Crippen molar-refractivity contribution in [2.45, 2.75) is 6.92 Å². The third-order valence-corrected chi connectivity index (χ3v) is 5.32. The van der Waals surface area contributed by atoms with Crippen LogP contribution in [0.25, 0.3) is 0 Å². The second-order valence-corrected chi connectivity index (χ2v) is 6.18. The molecule has 16 heavy (non-hydrogen) atoms. The molecule has 0 unspecified atom stereocenters. The summed E-state index contributed by atoms with van der Waals surface area (Å²) in [4.78, 5) is 22.0. The topological polar surface area (TPSA) is 52.6 Å². The number of hydrogen-bond acceptors (Lipinski definition) is 4. The van der Waals surface area contributed by atoms with Gasteiger partial charge in [0, 0.05) is 0 Å². The summed E-state index contributed by atoms with van der Waals surface area (Å²) in [7, 11) is 0. The number of carbonyl (C=O) groups excluding carboxylic acids is 2. The molecule has 0 aromatic heterocycles. The second kappa shape index (κ2) is 3.96. The van der Waals surface area contributed by atoms with Crippen LogP contribution in [0, 0.1) is 15.2 Å². The summed E-state index contributed by atoms with van der Waals surface area (Å²) in [5.41, 5.74) is -0.326. The molecule has 2 rings (SSSR count). The Morgan fingerprint density at radius 1 is 1.44 bits per heavy atom. The molecular weight excluding hydrogens is 337 g/mol. The van der Waals surface area contributed by atoms with Crippen molar-refractivity contribution >= 4 is 32.6 Å². The Morgan fingerprint density at radius 3 is 2.75 bits per heavy atom. The summed E-state index contributed by atoms with van der Waals surface area (Å²) in [6.07, 6.45) is 0. The molecular formula is C9H5F2IO4. The number of fused-ring (bicyclic) bond motifs is 1. The summed E-state index contributed by atoms with van der Waals surface area (Å²) < 4.78 is 35.7. The first-order valence-corrected chi connectivity index (χ1v) is 6.94. The summed E-state index contributed by atoms with van der Waals surface area (Å²) in [5.74, 6) is -3.37. The van der Waals surface area contributed by atoms with Gasteiger partial charge < -0.3 is 0 Å². The number of hydrogen-bond donors (Lipinski definition) is 0. The Hall–Kier alpha value is -1.25. The fraction of sp³-hybridized carbons (Fsp3) is 0.111. The number of halogens is 3. The average Bonchev–Trinajstić information content (AvgIpc) is 2.41. The van der Waals surface area contributed by atoms with Crippen LogP contribution in [0.15, 0.2) is 12.1 Å². The average molecular weight is 342 g/mol. The molecule has 0 fully saturated rings. The molecule has 1 aromatic carbocycles. The van der Waals surface area contributed by atoms with Gasteiger partial charge in [0.1, 0.15) is 0 Å². The molecule has 1 heterocycles. The minimum atomic E-state index is -3.02. The Kier molecular flexibility index (Phi) is 2.78. The fourth-order valence-electron chi connectivity index (χ4n) is 1.16. The van der Waals surface area contributed by atoms with E-state index in [1.165, 1.54) is 0 Å². The van der Waals surface area contributed by atoms with Crippen LogP contribution in [0.3, 0.4) is 0 Å². The molecule has 0 amide bonds. The van der Waals surface area contributed by atoms with E-state index in [9.17, 15) is 18.4 Å². The van der Waals surface area contributed by atoms with Crippen LogP contribution in [-0.2, 0) is 10.9 Å². The van der Waals surface area contributed by atoms with E-state index in [-0.39, 0.29) is 9.13 Å². The normalized spacial score (nSPS) is 15.7. The van der Waals surface area contributed by atoms with Crippen molar-refractivity contribution in [3.63, 3.8) is 0 Å². The molecule has 0 saturated carbocycles. The summed E-state index contributed by atoms with van der Waals surface area (Å²) in [6, 6.07) is 1.56. The first kappa shape index (κ1) is 11.2. The van der Waals surface area contributed by atoms with Crippen LogP contribution < -0.4 is 0 Å². The van der Waals surface area contributed by atoms with E-state index < -0.39 is 44.2 Å². The standard InChI is InChI=1S/C9H5F2IO4/c1-4(13)15-12-7-3-5(10)2-6(11)8(7)9(14)16-12/h2-3H,1H3. The minimum absolute atomic E-state index is 0.0434. The molecule has 4 nitrogen and oxygen atoms in total. The zero-order valence-corrected chi connectivity index (χ0v) is 10.1. The molecule has 0 spiro atoms. The third kappa shape index (κ3) is 1.86. The molecule has 1 aliphatic rings. The molecule has 0 bridgehead atoms. The van der Waals surface area contributed by atoms with E-state index in [0.29, 0.717) is 6.07 Å². The van der Waals surface area contributed by atoms with Gasteiger partial charge in [-0.1, -0.05) is 0 Å². The Bertz CT molecular complexity index is 489. The van der Waals surface area contributed by atoms with Crippen LogP contribution in [0.2, 0.25) is 0 Å². The SMILES string of the molecule is CC(=O)OI1OC(=O)c2c(F)cc(F)cc21. The molecule has 0 radical (unpaired) electrons. The zero-order valence-electron chi connectivity index (χ0n) is 7.92. The van der Waals surface area contributed by atoms with Crippen LogP contribution in [0.1, 0.15) is 17.3 Å². The molecule has 7 heteroatoms. The van der Waals surface area contributed by atoms with Gasteiger partial charge in [0.05, 0.1) is 0 Å². The van der Waals surface area contributed by atoms with E-state index in [1.807, 2.05) is 0 Å². The van der Waals surface area contributed by atoms with Crippen molar-refractivity contribution in [3.8, 4) is 0 Å². The van der Waals surface area contributed by atoms with Gasteiger partial charge in [-0.2, -0.15) is 0 Å². The Labute approximate surface area is 97.0 Å². The molecule has 86 valence electrons. The quantitative estimate of drug-likeness (QED) is 0.735. The van der Waals surface area contributed by atoms with Gasteiger partial charge in [-0.25, -0.2) is 0 Å². The fourth-order valence-corrected chi connectivity index (χ4v) is 4.34. The molecule has 0 saturated heterocycles. The Morgan fingerprint density at radius 2 is 2.12 bits per heavy atom. The van der Waals surface area contributed by atoms with Gasteiger partial charge in [-0.15, -0.1) is 0 Å². The van der Waals surface area contributed by atoms with Gasteiger partial charge in [0.25, 0.3) is 0 Å². The first-order valence-electron chi connectivity index (χ1n) is 4.10. The van der Waals surface area contributed by atoms with E-state index in [0.717, 1.165) is 13.0 Å². The third-order valence-electron chi connectivity index (χ3n) is 1.70. The molecule has 1 aliphatic heterocycles. The van der Waals surface area contributed by atoms with Gasteiger partial charge in [-0.05, 0) is 0 Å². The van der Waals surface area contributed by atoms with Gasteiger partial charge in [-0.3, -0.25) is 0 Å². The summed E-state index contributed by atoms with van der Waals surface area (Å²) in [5, 5.41) is 0. The molecule has 0 N–H and O–H groups in total. The number of carbonyl (C=O) groups is 2. The predicted octanol–water partition coefficient (Wildman–Crippen LogP) is 2.20.